The molecule has 0 aromatic carbocycles. The van der Waals surface area contributed by atoms with Crippen molar-refractivity contribution in [3.05, 3.63) is 0 Å². The minimum Gasteiger partial charge on any atom is -0.480 e. The normalized spacial score (nSPS) is 33.7. The smallest absolute Gasteiger partial charge is 0.327 e. The van der Waals surface area contributed by atoms with E-state index in [1.807, 2.05) is 13.8 Å². The maximum Gasteiger partial charge on any atom is 0.327 e. The summed E-state index contributed by atoms with van der Waals surface area (Å²) < 4.78 is -0.437. The molecule has 5 nitrogen and oxygen atoms in total. The van der Waals surface area contributed by atoms with E-state index >= 15 is 0 Å². The molecule has 1 amide bonds. The van der Waals surface area contributed by atoms with Crippen molar-refractivity contribution < 1.29 is 14.7 Å². The number of halogens is 1. The molecule has 27 heavy (non-hydrogen) atoms. The van der Waals surface area contributed by atoms with Crippen molar-refractivity contribution in [1.29, 1.82) is 0 Å². The fourth-order valence-corrected chi connectivity index (χ4v) is 7.49. The highest BCUT2D eigenvalue weighted by Crippen LogP contribution is 2.52. The molecule has 2 aliphatic carbocycles. The summed E-state index contributed by atoms with van der Waals surface area (Å²) in [5.74, 6) is -0.942. The van der Waals surface area contributed by atoms with Gasteiger partial charge >= 0.3 is 5.97 Å². The lowest BCUT2D eigenvalue weighted by Gasteiger charge is -2.40. The second kappa shape index (κ2) is 9.20. The van der Waals surface area contributed by atoms with Gasteiger partial charge in [0.05, 0.1) is 0 Å². The van der Waals surface area contributed by atoms with Crippen LogP contribution in [0.1, 0.15) is 78.1 Å². The maximum absolute atomic E-state index is 11.5. The highest BCUT2D eigenvalue weighted by atomic mass is 127. The predicted molar refractivity (Wildman–Crippen MR) is 118 cm³/mol. The molecule has 3 atom stereocenters. The summed E-state index contributed by atoms with van der Waals surface area (Å²) in [7, 11) is 0. The fourth-order valence-electron chi connectivity index (χ4n) is 4.84. The fraction of sp³-hybridized carbons (Fsp3) is 0.900. The van der Waals surface area contributed by atoms with Crippen LogP contribution in [0.3, 0.4) is 0 Å². The minimum absolute atomic E-state index is 0.0407. The summed E-state index contributed by atoms with van der Waals surface area (Å²) in [5.41, 5.74) is 0. The van der Waals surface area contributed by atoms with Crippen molar-refractivity contribution in [3.8, 4) is 0 Å². The zero-order valence-corrected chi connectivity index (χ0v) is 19.4. The SMILES string of the molecule is C1CCC(NC2CCCCC2)CC1.CC1(C)S[C@@H]2[C@H](I)C(=O)N2[C@H]1C(=O)O. The van der Waals surface area contributed by atoms with Gasteiger partial charge in [0, 0.05) is 16.8 Å². The molecule has 7 heteroatoms. The molecule has 2 aliphatic heterocycles. The summed E-state index contributed by atoms with van der Waals surface area (Å²) in [5, 5.41) is 13.0. The Kier molecular flexibility index (Phi) is 7.39. The molecular formula is C20H33IN2O3S. The molecule has 0 aromatic heterocycles. The van der Waals surface area contributed by atoms with E-state index in [-0.39, 0.29) is 20.0 Å². The zero-order valence-electron chi connectivity index (χ0n) is 16.5. The Labute approximate surface area is 180 Å². The number of β-lactam (4-membered cyclic amide) rings is 1. The van der Waals surface area contributed by atoms with Gasteiger partial charge in [-0.25, -0.2) is 4.79 Å². The standard InChI is InChI=1S/C12H23N.C8H10INO3S/c1-3-7-11(8-4-1)13-12-9-5-2-6-10-12;1-8(2)4(7(12)13)10-5(11)3(9)6(10)14-8/h11-13H,1-10H2;3-4,6H,1-2H3,(H,12,13)/t;3-,4+,6-/m.1/s1. The Balaban J connectivity index is 0.000000156. The van der Waals surface area contributed by atoms with E-state index in [4.69, 9.17) is 5.11 Å². The van der Waals surface area contributed by atoms with Crippen molar-refractivity contribution in [2.45, 2.75) is 110 Å². The number of amides is 1. The molecule has 4 fully saturated rings. The van der Waals surface area contributed by atoms with Crippen molar-refractivity contribution in [3.63, 3.8) is 0 Å². The van der Waals surface area contributed by atoms with Crippen LogP contribution in [0.2, 0.25) is 0 Å². The lowest BCUT2D eigenvalue weighted by molar-refractivity contribution is -0.156. The number of aliphatic carboxylic acids is 1. The topological polar surface area (TPSA) is 69.6 Å². The van der Waals surface area contributed by atoms with Gasteiger partial charge in [-0.3, -0.25) is 4.79 Å². The second-order valence-electron chi connectivity index (χ2n) is 8.84. The average Bonchev–Trinajstić information content (AvgIpc) is 2.92. The third-order valence-electron chi connectivity index (χ3n) is 6.29. The summed E-state index contributed by atoms with van der Waals surface area (Å²) in [6, 6.07) is 1.07. The number of carbonyl (C=O) groups excluding carboxylic acids is 1. The van der Waals surface area contributed by atoms with E-state index in [1.54, 1.807) is 11.8 Å². The van der Waals surface area contributed by atoms with E-state index in [0.717, 1.165) is 12.1 Å². The van der Waals surface area contributed by atoms with Crippen LogP contribution < -0.4 is 5.32 Å². The molecule has 0 bridgehead atoms. The van der Waals surface area contributed by atoms with Crippen LogP contribution >= 0.6 is 34.4 Å². The Morgan fingerprint density at radius 3 is 2.00 bits per heavy atom. The number of carbonyl (C=O) groups is 2. The van der Waals surface area contributed by atoms with Gasteiger partial charge in [-0.2, -0.15) is 0 Å². The van der Waals surface area contributed by atoms with Gasteiger partial charge in [-0.1, -0.05) is 61.1 Å². The predicted octanol–water partition coefficient (Wildman–Crippen LogP) is 4.18. The van der Waals surface area contributed by atoms with Crippen LogP contribution in [-0.2, 0) is 9.59 Å². The highest BCUT2D eigenvalue weighted by Gasteiger charge is 2.62. The van der Waals surface area contributed by atoms with Crippen LogP contribution in [0, 0.1) is 0 Å². The largest absolute Gasteiger partial charge is 0.480 e. The number of alkyl halides is 1. The minimum atomic E-state index is -0.901. The first-order valence-corrected chi connectivity index (χ1v) is 12.6. The van der Waals surface area contributed by atoms with Crippen molar-refractivity contribution >= 4 is 46.2 Å². The zero-order chi connectivity index (χ0) is 19.6. The van der Waals surface area contributed by atoms with Gasteiger partial charge in [0.1, 0.15) is 15.3 Å². The second-order valence-corrected chi connectivity index (χ2v) is 11.9. The van der Waals surface area contributed by atoms with Crippen LogP contribution in [0.4, 0.5) is 0 Å². The number of carboxylic acids is 1. The Bertz CT molecular complexity index is 531. The third-order valence-corrected chi connectivity index (χ3v) is 9.57. The molecule has 2 saturated heterocycles. The third kappa shape index (κ3) is 4.94. The van der Waals surface area contributed by atoms with Crippen molar-refractivity contribution in [2.75, 3.05) is 0 Å². The van der Waals surface area contributed by atoms with Gasteiger partial charge < -0.3 is 15.3 Å². The van der Waals surface area contributed by atoms with Crippen LogP contribution in [0.25, 0.3) is 0 Å². The number of hydrogen-bond acceptors (Lipinski definition) is 4. The van der Waals surface area contributed by atoms with Crippen LogP contribution in [0.15, 0.2) is 0 Å². The Hall–Kier alpha value is -0.0200. The number of rotatable bonds is 3. The number of nitrogens with one attached hydrogen (secondary N) is 1. The summed E-state index contributed by atoms with van der Waals surface area (Å²) in [4.78, 5) is 24.0. The summed E-state index contributed by atoms with van der Waals surface area (Å²) >= 11 is 3.66. The summed E-state index contributed by atoms with van der Waals surface area (Å²) in [6.45, 7) is 3.76. The first-order chi connectivity index (χ1) is 12.8. The first kappa shape index (κ1) is 21.7. The maximum atomic E-state index is 11.5. The lowest BCUT2D eigenvalue weighted by atomic mass is 9.91. The number of thioether (sulfide) groups is 1. The number of hydrogen-bond donors (Lipinski definition) is 2. The molecule has 2 N–H and O–H groups in total. The number of fused-ring (bicyclic) bond motifs is 1. The van der Waals surface area contributed by atoms with Crippen LogP contribution in [-0.4, -0.2) is 54.1 Å². The van der Waals surface area contributed by atoms with Crippen molar-refractivity contribution in [1.82, 2.24) is 10.2 Å². The quantitative estimate of drug-likeness (QED) is 0.340. The van der Waals surface area contributed by atoms with Gasteiger partial charge in [0.2, 0.25) is 5.91 Å². The molecule has 0 unspecified atom stereocenters. The first-order valence-electron chi connectivity index (χ1n) is 10.4. The molecule has 4 rings (SSSR count). The van der Waals surface area contributed by atoms with E-state index in [0.29, 0.717) is 0 Å². The Morgan fingerprint density at radius 2 is 1.56 bits per heavy atom. The lowest BCUT2D eigenvalue weighted by Crippen LogP contribution is -2.63. The van der Waals surface area contributed by atoms with Crippen molar-refractivity contribution in [2.24, 2.45) is 0 Å². The van der Waals surface area contributed by atoms with Gasteiger partial charge in [0.15, 0.2) is 0 Å². The van der Waals surface area contributed by atoms with E-state index < -0.39 is 12.0 Å². The van der Waals surface area contributed by atoms with Gasteiger partial charge in [-0.05, 0) is 39.5 Å². The molecule has 2 heterocycles. The monoisotopic (exact) mass is 508 g/mol. The Morgan fingerprint density at radius 1 is 1.07 bits per heavy atom. The highest BCUT2D eigenvalue weighted by molar-refractivity contribution is 14.1. The summed E-state index contributed by atoms with van der Waals surface area (Å²) in [6.07, 6.45) is 14.6. The van der Waals surface area contributed by atoms with E-state index in [9.17, 15) is 9.59 Å². The van der Waals surface area contributed by atoms with E-state index in [1.165, 1.54) is 69.1 Å². The number of carboxylic acid groups (broad SMARTS) is 1. The number of nitrogens with zero attached hydrogens (tertiary/aromatic N) is 1. The molecule has 4 aliphatic rings. The molecule has 154 valence electrons. The van der Waals surface area contributed by atoms with Gasteiger partial charge in [-0.15, -0.1) is 11.8 Å². The van der Waals surface area contributed by atoms with Gasteiger partial charge in [0.25, 0.3) is 0 Å². The van der Waals surface area contributed by atoms with Crippen LogP contribution in [0.5, 0.6) is 0 Å². The molecule has 0 spiro atoms. The molecule has 0 radical (unpaired) electrons. The molecular weight excluding hydrogens is 475 g/mol. The molecule has 2 saturated carbocycles. The molecule has 0 aromatic rings. The average molecular weight is 508 g/mol. The van der Waals surface area contributed by atoms with E-state index in [2.05, 4.69) is 27.9 Å².